The van der Waals surface area contributed by atoms with Crippen molar-refractivity contribution in [2.45, 2.75) is 59.4 Å². The Morgan fingerprint density at radius 2 is 1.29 bits per heavy atom. The summed E-state index contributed by atoms with van der Waals surface area (Å²) in [6.45, 7) is 7.74. The topological polar surface area (TPSA) is 135 Å². The molecule has 0 saturated heterocycles. The minimum Gasteiger partial charge on any atom is -0.324 e. The van der Waals surface area contributed by atoms with Gasteiger partial charge in [0.25, 0.3) is 0 Å². The van der Waals surface area contributed by atoms with Crippen molar-refractivity contribution in [2.24, 2.45) is 5.73 Å². The Balaban J connectivity index is 0.000000340. The summed E-state index contributed by atoms with van der Waals surface area (Å²) in [5.41, 5.74) is 10.6. The van der Waals surface area contributed by atoms with Crippen molar-refractivity contribution in [3.8, 4) is 0 Å². The number of anilines is 2. The summed E-state index contributed by atoms with van der Waals surface area (Å²) in [5, 5.41) is 0. The van der Waals surface area contributed by atoms with E-state index in [0.29, 0.717) is 29.8 Å². The number of rotatable bonds is 10. The minimum atomic E-state index is -3.28. The van der Waals surface area contributed by atoms with Gasteiger partial charge in [0.05, 0.1) is 23.9 Å². The van der Waals surface area contributed by atoms with Crippen LogP contribution >= 0.6 is 0 Å². The van der Waals surface area contributed by atoms with E-state index in [2.05, 4.69) is 9.44 Å². The normalized spacial score (nSPS) is 12.3. The fraction of sp³-hybridized carbons (Fsp3) is 0.458. The zero-order valence-electron chi connectivity index (χ0n) is 20.8. The van der Waals surface area contributed by atoms with Crippen molar-refractivity contribution in [1.29, 1.82) is 0 Å². The number of hydrogen-bond acceptors (Lipinski definition) is 6. The predicted octanol–water partition coefficient (Wildman–Crippen LogP) is 4.24. The molecule has 0 heterocycles. The third-order valence-electron chi connectivity index (χ3n) is 5.10. The first-order chi connectivity index (χ1) is 15.7. The fourth-order valence-electron chi connectivity index (χ4n) is 3.23. The second kappa shape index (κ2) is 12.9. The lowest BCUT2D eigenvalue weighted by Crippen LogP contribution is -2.13. The second-order valence-corrected chi connectivity index (χ2v) is 11.5. The average Bonchev–Trinajstić information content (AvgIpc) is 2.76. The van der Waals surface area contributed by atoms with Crippen LogP contribution in [0.15, 0.2) is 36.4 Å². The number of nitrogens with two attached hydrogens (primary N) is 1. The molecule has 2 rings (SSSR count). The molecule has 10 heteroatoms. The molecule has 0 aliphatic carbocycles. The highest BCUT2D eigenvalue weighted by Crippen LogP contribution is 2.23. The van der Waals surface area contributed by atoms with Gasteiger partial charge in [-0.15, -0.1) is 0 Å². The summed E-state index contributed by atoms with van der Waals surface area (Å²) in [7, 11) is -6.51. The van der Waals surface area contributed by atoms with Crippen molar-refractivity contribution in [3.05, 3.63) is 58.7 Å². The molecule has 4 N–H and O–H groups in total. The van der Waals surface area contributed by atoms with E-state index in [9.17, 15) is 21.6 Å². The average molecular weight is 512 g/mol. The van der Waals surface area contributed by atoms with Crippen LogP contribution in [0.5, 0.6) is 0 Å². The van der Waals surface area contributed by atoms with Gasteiger partial charge in [-0.1, -0.05) is 39.8 Å². The van der Waals surface area contributed by atoms with Gasteiger partial charge in [0, 0.05) is 18.0 Å². The van der Waals surface area contributed by atoms with Crippen LogP contribution in [-0.2, 0) is 32.9 Å². The molecule has 0 saturated carbocycles. The van der Waals surface area contributed by atoms with Gasteiger partial charge in [0.2, 0.25) is 20.0 Å². The van der Waals surface area contributed by atoms with E-state index < -0.39 is 20.0 Å². The number of Topliss-reactive ketones (excluding diaryl/α,β-unsaturated/α-hetero) is 1. The highest BCUT2D eigenvalue weighted by atomic mass is 32.2. The summed E-state index contributed by atoms with van der Waals surface area (Å²) >= 11 is 0. The van der Waals surface area contributed by atoms with E-state index in [1.807, 2.05) is 32.9 Å². The number of benzene rings is 2. The Morgan fingerprint density at radius 3 is 1.71 bits per heavy atom. The Labute approximate surface area is 204 Å². The standard InChI is InChI=1S/C12H20N2O2S.C12H17NO3S/c1-4-9-8-10(11(13)5-2)6-7-12(9)14-17(3,15)16;1-4-9-8-10(12(14)5-2)6-7-11(9)13-17(3,15)16/h6-8,11,14H,4-5,13H2,1-3H3;6-8,13H,4-5H2,1-3H3/t11-;/m1./s1. The smallest absolute Gasteiger partial charge is 0.229 e. The lowest BCUT2D eigenvalue weighted by molar-refractivity contribution is 0.0988. The van der Waals surface area contributed by atoms with Gasteiger partial charge >= 0.3 is 0 Å². The molecule has 0 aliphatic rings. The zero-order chi connectivity index (χ0) is 26.1. The monoisotopic (exact) mass is 511 g/mol. The third kappa shape index (κ3) is 9.82. The van der Waals surface area contributed by atoms with Gasteiger partial charge in [-0.05, 0) is 60.2 Å². The van der Waals surface area contributed by atoms with Crippen LogP contribution < -0.4 is 15.2 Å². The van der Waals surface area contributed by atoms with E-state index in [1.165, 1.54) is 0 Å². The minimum absolute atomic E-state index is 0.00702. The van der Waals surface area contributed by atoms with Crippen LogP contribution in [0.25, 0.3) is 0 Å². The summed E-state index contributed by atoms with van der Waals surface area (Å²) < 4.78 is 49.7. The van der Waals surface area contributed by atoms with Crippen LogP contribution in [0.3, 0.4) is 0 Å². The molecule has 0 amide bonds. The largest absolute Gasteiger partial charge is 0.324 e. The molecule has 34 heavy (non-hydrogen) atoms. The van der Waals surface area contributed by atoms with Crippen LogP contribution in [0.2, 0.25) is 0 Å². The first-order valence-electron chi connectivity index (χ1n) is 11.2. The third-order valence-corrected chi connectivity index (χ3v) is 6.28. The van der Waals surface area contributed by atoms with Crippen LogP contribution in [0.1, 0.15) is 73.6 Å². The summed E-state index contributed by atoms with van der Waals surface area (Å²) in [4.78, 5) is 11.5. The first kappa shape index (κ1) is 29.6. The van der Waals surface area contributed by atoms with Crippen molar-refractivity contribution < 1.29 is 21.6 Å². The molecule has 8 nitrogen and oxygen atoms in total. The number of nitrogens with one attached hydrogen (secondary N) is 2. The first-order valence-corrected chi connectivity index (χ1v) is 15.0. The Hall–Kier alpha value is -2.43. The number of carbonyl (C=O) groups excluding carboxylic acids is 1. The molecule has 2 aromatic carbocycles. The maximum absolute atomic E-state index is 11.5. The fourth-order valence-corrected chi connectivity index (χ4v) is 4.43. The van der Waals surface area contributed by atoms with Gasteiger partial charge in [0.1, 0.15) is 0 Å². The van der Waals surface area contributed by atoms with Crippen molar-refractivity contribution in [1.82, 2.24) is 0 Å². The SMILES string of the molecule is CCC(=O)c1ccc(NS(C)(=O)=O)c(CC)c1.CCc1cc([C@H](N)CC)ccc1NS(C)(=O)=O. The second-order valence-electron chi connectivity index (χ2n) is 8.04. The van der Waals surface area contributed by atoms with Crippen LogP contribution in [0.4, 0.5) is 11.4 Å². The van der Waals surface area contributed by atoms with E-state index in [-0.39, 0.29) is 11.8 Å². The van der Waals surface area contributed by atoms with E-state index in [0.717, 1.165) is 42.0 Å². The number of sulfonamides is 2. The molecule has 0 aromatic heterocycles. The molecule has 0 bridgehead atoms. The molecule has 0 aliphatic heterocycles. The molecular weight excluding hydrogens is 474 g/mol. The molecule has 1 atom stereocenters. The Morgan fingerprint density at radius 1 is 0.824 bits per heavy atom. The lowest BCUT2D eigenvalue weighted by atomic mass is 10.0. The molecule has 2 aromatic rings. The summed E-state index contributed by atoms with van der Waals surface area (Å²) in [5.74, 6) is 0.0607. The lowest BCUT2D eigenvalue weighted by Gasteiger charge is -2.14. The van der Waals surface area contributed by atoms with E-state index in [4.69, 9.17) is 5.73 Å². The van der Waals surface area contributed by atoms with Gasteiger partial charge < -0.3 is 5.73 Å². The maximum atomic E-state index is 11.5. The molecule has 0 unspecified atom stereocenters. The summed E-state index contributed by atoms with van der Waals surface area (Å²) in [6, 6.07) is 10.7. The van der Waals surface area contributed by atoms with E-state index in [1.54, 1.807) is 31.2 Å². The maximum Gasteiger partial charge on any atom is 0.229 e. The number of hydrogen-bond donors (Lipinski definition) is 3. The predicted molar refractivity (Wildman–Crippen MR) is 140 cm³/mol. The van der Waals surface area contributed by atoms with Gasteiger partial charge in [-0.25, -0.2) is 16.8 Å². The van der Waals surface area contributed by atoms with Gasteiger partial charge in [-0.2, -0.15) is 0 Å². The van der Waals surface area contributed by atoms with Crippen LogP contribution in [-0.4, -0.2) is 35.1 Å². The van der Waals surface area contributed by atoms with Crippen molar-refractivity contribution in [3.63, 3.8) is 0 Å². The van der Waals surface area contributed by atoms with E-state index >= 15 is 0 Å². The summed E-state index contributed by atoms with van der Waals surface area (Å²) in [6.07, 6.45) is 5.00. The van der Waals surface area contributed by atoms with Crippen molar-refractivity contribution in [2.75, 3.05) is 22.0 Å². The molecule has 190 valence electrons. The molecule has 0 fully saturated rings. The number of aryl methyl sites for hydroxylation is 2. The van der Waals surface area contributed by atoms with Gasteiger partial charge in [0.15, 0.2) is 5.78 Å². The zero-order valence-corrected chi connectivity index (χ0v) is 22.4. The number of ketones is 1. The number of carbonyl (C=O) groups is 1. The molecule has 0 spiro atoms. The highest BCUT2D eigenvalue weighted by molar-refractivity contribution is 7.92. The van der Waals surface area contributed by atoms with Crippen LogP contribution in [0, 0.1) is 0 Å². The van der Waals surface area contributed by atoms with Crippen molar-refractivity contribution >= 4 is 37.2 Å². The Kier molecular flexibility index (Phi) is 11.2. The molecular formula is C24H37N3O5S2. The molecule has 0 radical (unpaired) electrons. The quantitative estimate of drug-likeness (QED) is 0.408. The Bertz CT molecular complexity index is 1190. The van der Waals surface area contributed by atoms with Gasteiger partial charge in [-0.3, -0.25) is 14.2 Å². The highest BCUT2D eigenvalue weighted by Gasteiger charge is 2.11.